The van der Waals surface area contributed by atoms with E-state index < -0.39 is 0 Å². The molecule has 0 bridgehead atoms. The van der Waals surface area contributed by atoms with Crippen LogP contribution in [0.25, 0.3) is 0 Å². The zero-order valence-corrected chi connectivity index (χ0v) is 10.4. The third kappa shape index (κ3) is 3.75. The lowest BCUT2D eigenvalue weighted by atomic mass is 10.0. The Morgan fingerprint density at radius 2 is 2.24 bits per heavy atom. The molecule has 0 aliphatic carbocycles. The Kier molecular flexibility index (Phi) is 4.97. The standard InChI is InChI=1S/C13H20N2O2/c1-3-4-10(8-14)13(17)15-12-6-5-11(16)7-9(12)2/h5-7,10,16H,3-4,8,14H2,1-2H3,(H,15,17). The van der Waals surface area contributed by atoms with Gasteiger partial charge in [-0.2, -0.15) is 0 Å². The molecule has 0 spiro atoms. The maximum absolute atomic E-state index is 11.9. The molecule has 1 atom stereocenters. The summed E-state index contributed by atoms with van der Waals surface area (Å²) in [7, 11) is 0. The number of nitrogens with two attached hydrogens (primary N) is 1. The molecule has 1 aromatic rings. The first-order chi connectivity index (χ1) is 8.08. The van der Waals surface area contributed by atoms with Gasteiger partial charge in [-0.3, -0.25) is 4.79 Å². The molecule has 0 aliphatic heterocycles. The zero-order chi connectivity index (χ0) is 12.8. The van der Waals surface area contributed by atoms with Crippen LogP contribution in [0.3, 0.4) is 0 Å². The molecule has 4 heteroatoms. The minimum atomic E-state index is -0.145. The number of hydrogen-bond donors (Lipinski definition) is 3. The van der Waals surface area contributed by atoms with Gasteiger partial charge >= 0.3 is 0 Å². The van der Waals surface area contributed by atoms with E-state index in [9.17, 15) is 9.90 Å². The predicted octanol–water partition coefficient (Wildman–Crippen LogP) is 2.01. The number of rotatable bonds is 5. The fraction of sp³-hybridized carbons (Fsp3) is 0.462. The Hall–Kier alpha value is -1.55. The summed E-state index contributed by atoms with van der Waals surface area (Å²) in [6.45, 7) is 4.23. The second-order valence-electron chi connectivity index (χ2n) is 4.21. The van der Waals surface area contributed by atoms with E-state index in [0.717, 1.165) is 24.1 Å². The smallest absolute Gasteiger partial charge is 0.228 e. The highest BCUT2D eigenvalue weighted by Crippen LogP contribution is 2.21. The summed E-state index contributed by atoms with van der Waals surface area (Å²) in [6.07, 6.45) is 1.73. The van der Waals surface area contributed by atoms with Crippen LogP contribution in [-0.2, 0) is 4.79 Å². The van der Waals surface area contributed by atoms with Crippen molar-refractivity contribution in [3.63, 3.8) is 0 Å². The van der Waals surface area contributed by atoms with Gasteiger partial charge in [0.1, 0.15) is 5.75 Å². The molecule has 0 fully saturated rings. The van der Waals surface area contributed by atoms with Gasteiger partial charge < -0.3 is 16.2 Å². The number of hydrogen-bond acceptors (Lipinski definition) is 3. The van der Waals surface area contributed by atoms with E-state index in [1.165, 1.54) is 0 Å². The summed E-state index contributed by atoms with van der Waals surface area (Å²) in [4.78, 5) is 11.9. The summed E-state index contributed by atoms with van der Waals surface area (Å²) >= 11 is 0. The molecule has 0 saturated heterocycles. The van der Waals surface area contributed by atoms with Crippen molar-refractivity contribution in [1.82, 2.24) is 0 Å². The molecule has 4 nitrogen and oxygen atoms in total. The fourth-order valence-corrected chi connectivity index (χ4v) is 1.73. The van der Waals surface area contributed by atoms with Crippen molar-refractivity contribution in [2.24, 2.45) is 11.7 Å². The minimum Gasteiger partial charge on any atom is -0.508 e. The second kappa shape index (κ2) is 6.25. The van der Waals surface area contributed by atoms with E-state index in [-0.39, 0.29) is 17.6 Å². The van der Waals surface area contributed by atoms with Gasteiger partial charge in [0.2, 0.25) is 5.91 Å². The van der Waals surface area contributed by atoms with Crippen LogP contribution in [-0.4, -0.2) is 17.6 Å². The lowest BCUT2D eigenvalue weighted by molar-refractivity contribution is -0.119. The molecule has 1 unspecified atom stereocenters. The van der Waals surface area contributed by atoms with Crippen LogP contribution in [0.5, 0.6) is 5.75 Å². The van der Waals surface area contributed by atoms with Crippen molar-refractivity contribution in [3.05, 3.63) is 23.8 Å². The van der Waals surface area contributed by atoms with E-state index in [0.29, 0.717) is 6.54 Å². The molecule has 1 amide bonds. The molecule has 17 heavy (non-hydrogen) atoms. The number of phenolic OH excluding ortho intramolecular Hbond substituents is 1. The SMILES string of the molecule is CCCC(CN)C(=O)Nc1ccc(O)cc1C. The number of nitrogens with one attached hydrogen (secondary N) is 1. The number of anilines is 1. The van der Waals surface area contributed by atoms with Crippen molar-refractivity contribution in [2.75, 3.05) is 11.9 Å². The number of benzene rings is 1. The molecule has 0 radical (unpaired) electrons. The van der Waals surface area contributed by atoms with E-state index in [1.807, 2.05) is 13.8 Å². The van der Waals surface area contributed by atoms with Crippen molar-refractivity contribution < 1.29 is 9.90 Å². The lowest BCUT2D eigenvalue weighted by Gasteiger charge is -2.15. The number of carbonyl (C=O) groups excluding carboxylic acids is 1. The normalized spacial score (nSPS) is 12.2. The molecule has 94 valence electrons. The number of aromatic hydroxyl groups is 1. The second-order valence-corrected chi connectivity index (χ2v) is 4.21. The average molecular weight is 236 g/mol. The molecular formula is C13H20N2O2. The number of aryl methyl sites for hydroxylation is 1. The van der Waals surface area contributed by atoms with Gasteiger partial charge in [0.05, 0.1) is 5.92 Å². The van der Waals surface area contributed by atoms with Gasteiger partial charge in [-0.25, -0.2) is 0 Å². The zero-order valence-electron chi connectivity index (χ0n) is 10.4. The molecular weight excluding hydrogens is 216 g/mol. The highest BCUT2D eigenvalue weighted by molar-refractivity contribution is 5.93. The first-order valence-corrected chi connectivity index (χ1v) is 5.89. The van der Waals surface area contributed by atoms with Crippen molar-refractivity contribution in [2.45, 2.75) is 26.7 Å². The molecule has 0 saturated carbocycles. The summed E-state index contributed by atoms with van der Waals surface area (Å²) in [5, 5.41) is 12.1. The van der Waals surface area contributed by atoms with E-state index in [4.69, 9.17) is 5.73 Å². The van der Waals surface area contributed by atoms with Crippen molar-refractivity contribution in [1.29, 1.82) is 0 Å². The predicted molar refractivity (Wildman–Crippen MR) is 68.9 cm³/mol. The summed E-state index contributed by atoms with van der Waals surface area (Å²) < 4.78 is 0. The topological polar surface area (TPSA) is 75.4 Å². The van der Waals surface area contributed by atoms with Crippen LogP contribution in [0.1, 0.15) is 25.3 Å². The van der Waals surface area contributed by atoms with Crippen molar-refractivity contribution in [3.8, 4) is 5.75 Å². The maximum Gasteiger partial charge on any atom is 0.228 e. The number of amides is 1. The Morgan fingerprint density at radius 1 is 1.53 bits per heavy atom. The quantitative estimate of drug-likeness (QED) is 0.684. The molecule has 0 aromatic heterocycles. The van der Waals surface area contributed by atoms with Gasteiger partial charge in [0.25, 0.3) is 0 Å². The minimum absolute atomic E-state index is 0.0526. The van der Waals surface area contributed by atoms with Crippen LogP contribution >= 0.6 is 0 Å². The lowest BCUT2D eigenvalue weighted by Crippen LogP contribution is -2.29. The van der Waals surface area contributed by atoms with Gasteiger partial charge in [-0.05, 0) is 37.1 Å². The van der Waals surface area contributed by atoms with Crippen LogP contribution < -0.4 is 11.1 Å². The van der Waals surface area contributed by atoms with E-state index >= 15 is 0 Å². The Bertz CT molecular complexity index is 391. The maximum atomic E-state index is 11.9. The van der Waals surface area contributed by atoms with Crippen LogP contribution in [0.4, 0.5) is 5.69 Å². The van der Waals surface area contributed by atoms with Gasteiger partial charge in [0.15, 0.2) is 0 Å². The third-order valence-corrected chi connectivity index (χ3v) is 2.76. The first-order valence-electron chi connectivity index (χ1n) is 5.89. The molecule has 0 aliphatic rings. The Balaban J connectivity index is 2.73. The molecule has 1 rings (SSSR count). The summed E-state index contributed by atoms with van der Waals surface area (Å²) in [6, 6.07) is 4.87. The fourth-order valence-electron chi connectivity index (χ4n) is 1.73. The average Bonchev–Trinajstić information content (AvgIpc) is 2.29. The first kappa shape index (κ1) is 13.5. The molecule has 1 aromatic carbocycles. The van der Waals surface area contributed by atoms with Gasteiger partial charge in [-0.15, -0.1) is 0 Å². The Labute approximate surface area is 102 Å². The van der Waals surface area contributed by atoms with Gasteiger partial charge in [-0.1, -0.05) is 13.3 Å². The van der Waals surface area contributed by atoms with Crippen molar-refractivity contribution >= 4 is 11.6 Å². The van der Waals surface area contributed by atoms with Gasteiger partial charge in [0, 0.05) is 12.2 Å². The van der Waals surface area contributed by atoms with Crippen LogP contribution in [0, 0.1) is 12.8 Å². The third-order valence-electron chi connectivity index (χ3n) is 2.76. The van der Waals surface area contributed by atoms with Crippen LogP contribution in [0.2, 0.25) is 0 Å². The number of carbonyl (C=O) groups is 1. The summed E-state index contributed by atoms with van der Waals surface area (Å²) in [5.74, 6) is 0.000717. The monoisotopic (exact) mass is 236 g/mol. The molecule has 4 N–H and O–H groups in total. The van der Waals surface area contributed by atoms with E-state index in [1.54, 1.807) is 18.2 Å². The van der Waals surface area contributed by atoms with Crippen LogP contribution in [0.15, 0.2) is 18.2 Å². The highest BCUT2D eigenvalue weighted by Gasteiger charge is 2.16. The highest BCUT2D eigenvalue weighted by atomic mass is 16.3. The Morgan fingerprint density at radius 3 is 2.76 bits per heavy atom. The number of phenols is 1. The van der Waals surface area contributed by atoms with E-state index in [2.05, 4.69) is 5.32 Å². The largest absolute Gasteiger partial charge is 0.508 e. The summed E-state index contributed by atoms with van der Waals surface area (Å²) in [5.41, 5.74) is 7.14. The molecule has 0 heterocycles.